The van der Waals surface area contributed by atoms with Crippen LogP contribution in [0.5, 0.6) is 0 Å². The number of thiophene rings is 1. The molecule has 0 saturated heterocycles. The van der Waals surface area contributed by atoms with Gasteiger partial charge in [-0.25, -0.2) is 4.79 Å². The van der Waals surface area contributed by atoms with Gasteiger partial charge in [-0.15, -0.1) is 11.3 Å². The molecule has 1 aromatic heterocycles. The predicted octanol–water partition coefficient (Wildman–Crippen LogP) is 5.25. The molecule has 2 N–H and O–H groups in total. The minimum atomic E-state index is -0.271. The Morgan fingerprint density at radius 2 is 2.00 bits per heavy atom. The predicted molar refractivity (Wildman–Crippen MR) is 86.1 cm³/mol. The molecule has 2 aromatic rings. The van der Waals surface area contributed by atoms with E-state index in [9.17, 15) is 4.79 Å². The number of amides is 2. The number of carbonyl (C=O) groups is 1. The topological polar surface area (TPSA) is 41.1 Å². The second-order valence-electron chi connectivity index (χ2n) is 4.42. The van der Waals surface area contributed by atoms with E-state index in [1.165, 1.54) is 11.3 Å². The van der Waals surface area contributed by atoms with Gasteiger partial charge in [0.05, 0.1) is 10.4 Å². The average molecular weight is 329 g/mol. The Labute approximate surface area is 131 Å². The highest BCUT2D eigenvalue weighted by Gasteiger charge is 2.12. The van der Waals surface area contributed by atoms with Crippen molar-refractivity contribution in [3.63, 3.8) is 0 Å². The normalized spacial score (nSPS) is 12.0. The van der Waals surface area contributed by atoms with Crippen molar-refractivity contribution in [3.05, 3.63) is 50.1 Å². The van der Waals surface area contributed by atoms with Crippen LogP contribution in [0.4, 0.5) is 10.5 Å². The maximum absolute atomic E-state index is 12.0. The van der Waals surface area contributed by atoms with Gasteiger partial charge in [0, 0.05) is 15.6 Å². The Morgan fingerprint density at radius 1 is 1.25 bits per heavy atom. The van der Waals surface area contributed by atoms with E-state index in [2.05, 4.69) is 10.6 Å². The number of benzene rings is 1. The SMILES string of the molecule is Cc1ccc(Cl)cc1NC(=O)N[C@H](C)c1ccc(Cl)s1. The minimum absolute atomic E-state index is 0.105. The molecule has 20 heavy (non-hydrogen) atoms. The second-order valence-corrected chi connectivity index (χ2v) is 6.60. The fourth-order valence-electron chi connectivity index (χ4n) is 1.72. The first-order chi connectivity index (χ1) is 9.45. The van der Waals surface area contributed by atoms with Crippen molar-refractivity contribution in [3.8, 4) is 0 Å². The maximum atomic E-state index is 12.0. The van der Waals surface area contributed by atoms with Crippen LogP contribution in [0.2, 0.25) is 9.36 Å². The molecular formula is C14H14Cl2N2OS. The number of hydrogen-bond donors (Lipinski definition) is 2. The van der Waals surface area contributed by atoms with Crippen LogP contribution in [0, 0.1) is 6.92 Å². The molecule has 0 bridgehead atoms. The van der Waals surface area contributed by atoms with E-state index in [0.717, 1.165) is 10.4 Å². The fourth-order valence-corrected chi connectivity index (χ4v) is 2.95. The largest absolute Gasteiger partial charge is 0.331 e. The number of rotatable bonds is 3. The zero-order chi connectivity index (χ0) is 14.7. The molecule has 0 unspecified atom stereocenters. The van der Waals surface area contributed by atoms with Crippen LogP contribution >= 0.6 is 34.5 Å². The van der Waals surface area contributed by atoms with E-state index in [1.54, 1.807) is 12.1 Å². The van der Waals surface area contributed by atoms with Gasteiger partial charge in [0.2, 0.25) is 0 Å². The molecule has 3 nitrogen and oxygen atoms in total. The molecule has 0 aliphatic heterocycles. The molecule has 2 amide bonds. The molecule has 0 saturated carbocycles. The molecular weight excluding hydrogens is 315 g/mol. The maximum Gasteiger partial charge on any atom is 0.319 e. The second kappa shape index (κ2) is 6.48. The van der Waals surface area contributed by atoms with E-state index in [0.29, 0.717) is 15.0 Å². The number of urea groups is 1. The van der Waals surface area contributed by atoms with Crippen LogP contribution in [0.15, 0.2) is 30.3 Å². The van der Waals surface area contributed by atoms with Gasteiger partial charge >= 0.3 is 6.03 Å². The number of halogens is 2. The summed E-state index contributed by atoms with van der Waals surface area (Å²) in [7, 11) is 0. The molecule has 0 aliphatic rings. The summed E-state index contributed by atoms with van der Waals surface area (Å²) in [5, 5.41) is 6.25. The standard InChI is InChI=1S/C14H14Cl2N2OS/c1-8-3-4-10(15)7-11(8)18-14(19)17-9(2)12-5-6-13(16)20-12/h3-7,9H,1-2H3,(H2,17,18,19)/t9-/m1/s1. The van der Waals surface area contributed by atoms with Gasteiger partial charge in [-0.3, -0.25) is 0 Å². The van der Waals surface area contributed by atoms with Crippen molar-refractivity contribution < 1.29 is 4.79 Å². The molecule has 0 fully saturated rings. The van der Waals surface area contributed by atoms with Crippen molar-refractivity contribution in [2.45, 2.75) is 19.9 Å². The lowest BCUT2D eigenvalue weighted by atomic mass is 10.2. The number of nitrogens with one attached hydrogen (secondary N) is 2. The number of hydrogen-bond acceptors (Lipinski definition) is 2. The van der Waals surface area contributed by atoms with E-state index in [-0.39, 0.29) is 12.1 Å². The van der Waals surface area contributed by atoms with Crippen LogP contribution in [0.25, 0.3) is 0 Å². The summed E-state index contributed by atoms with van der Waals surface area (Å²) >= 11 is 13.3. The lowest BCUT2D eigenvalue weighted by molar-refractivity contribution is 0.249. The van der Waals surface area contributed by atoms with Crippen LogP contribution in [0.3, 0.4) is 0 Å². The van der Waals surface area contributed by atoms with Crippen LogP contribution in [0.1, 0.15) is 23.4 Å². The monoisotopic (exact) mass is 328 g/mol. The fraction of sp³-hybridized carbons (Fsp3) is 0.214. The highest BCUT2D eigenvalue weighted by Crippen LogP contribution is 2.27. The van der Waals surface area contributed by atoms with E-state index in [4.69, 9.17) is 23.2 Å². The van der Waals surface area contributed by atoms with Gasteiger partial charge in [0.25, 0.3) is 0 Å². The van der Waals surface area contributed by atoms with Gasteiger partial charge in [-0.2, -0.15) is 0 Å². The smallest absolute Gasteiger partial charge is 0.319 e. The summed E-state index contributed by atoms with van der Waals surface area (Å²) < 4.78 is 0.708. The van der Waals surface area contributed by atoms with E-state index < -0.39 is 0 Å². The summed E-state index contributed by atoms with van der Waals surface area (Å²) in [6.07, 6.45) is 0. The molecule has 0 aliphatic carbocycles. The molecule has 1 aromatic carbocycles. The highest BCUT2D eigenvalue weighted by molar-refractivity contribution is 7.16. The third kappa shape index (κ3) is 3.88. The summed E-state index contributed by atoms with van der Waals surface area (Å²) in [5.41, 5.74) is 1.66. The molecule has 106 valence electrons. The first kappa shape index (κ1) is 15.2. The lowest BCUT2D eigenvalue weighted by Crippen LogP contribution is -2.31. The van der Waals surface area contributed by atoms with Gasteiger partial charge in [0.1, 0.15) is 0 Å². The number of carbonyl (C=O) groups excluding carboxylic acids is 1. The first-order valence-electron chi connectivity index (χ1n) is 6.04. The highest BCUT2D eigenvalue weighted by atomic mass is 35.5. The van der Waals surface area contributed by atoms with Crippen molar-refractivity contribution in [2.75, 3.05) is 5.32 Å². The minimum Gasteiger partial charge on any atom is -0.331 e. The van der Waals surface area contributed by atoms with Crippen LogP contribution < -0.4 is 10.6 Å². The van der Waals surface area contributed by atoms with Gasteiger partial charge in [-0.1, -0.05) is 29.3 Å². The van der Waals surface area contributed by atoms with Gasteiger partial charge in [0.15, 0.2) is 0 Å². The molecule has 1 heterocycles. The average Bonchev–Trinajstić information content (AvgIpc) is 2.80. The number of aryl methyl sites for hydroxylation is 1. The summed E-state index contributed by atoms with van der Waals surface area (Å²) in [4.78, 5) is 13.0. The van der Waals surface area contributed by atoms with Gasteiger partial charge < -0.3 is 10.6 Å². The van der Waals surface area contributed by atoms with Crippen molar-refractivity contribution >= 4 is 46.3 Å². The zero-order valence-electron chi connectivity index (χ0n) is 11.0. The van der Waals surface area contributed by atoms with Gasteiger partial charge in [-0.05, 0) is 43.7 Å². The van der Waals surface area contributed by atoms with Crippen molar-refractivity contribution in [1.29, 1.82) is 0 Å². The van der Waals surface area contributed by atoms with Crippen molar-refractivity contribution in [1.82, 2.24) is 5.32 Å². The Morgan fingerprint density at radius 3 is 2.65 bits per heavy atom. The van der Waals surface area contributed by atoms with E-state index >= 15 is 0 Å². The number of anilines is 1. The Balaban J connectivity index is 2.00. The third-order valence-electron chi connectivity index (χ3n) is 2.82. The van der Waals surface area contributed by atoms with Crippen LogP contribution in [-0.4, -0.2) is 6.03 Å². The molecule has 1 atom stereocenters. The van der Waals surface area contributed by atoms with Crippen molar-refractivity contribution in [2.24, 2.45) is 0 Å². The molecule has 2 rings (SSSR count). The van der Waals surface area contributed by atoms with Crippen LogP contribution in [-0.2, 0) is 0 Å². The Bertz CT molecular complexity index is 627. The Kier molecular flexibility index (Phi) is 4.91. The summed E-state index contributed by atoms with van der Waals surface area (Å²) in [5.74, 6) is 0. The zero-order valence-corrected chi connectivity index (χ0v) is 13.4. The Hall–Kier alpha value is -1.23. The summed E-state index contributed by atoms with van der Waals surface area (Å²) in [6.45, 7) is 3.82. The molecule has 0 radical (unpaired) electrons. The molecule has 0 spiro atoms. The summed E-state index contributed by atoms with van der Waals surface area (Å²) in [6, 6.07) is 8.72. The lowest BCUT2D eigenvalue weighted by Gasteiger charge is -2.14. The van der Waals surface area contributed by atoms with E-state index in [1.807, 2.05) is 32.0 Å². The quantitative estimate of drug-likeness (QED) is 0.794. The molecule has 6 heteroatoms. The first-order valence-corrected chi connectivity index (χ1v) is 7.62. The third-order valence-corrected chi connectivity index (χ3v) is 4.47.